The normalized spacial score (nSPS) is 26.0. The summed E-state index contributed by atoms with van der Waals surface area (Å²) in [5.41, 5.74) is 2.19. The molecular weight excluding hydrogens is 232 g/mol. The zero-order chi connectivity index (χ0) is 12.5. The van der Waals surface area contributed by atoms with Gasteiger partial charge in [0.05, 0.1) is 5.69 Å². The maximum Gasteiger partial charge on any atom is 0.411 e. The number of anilines is 1. The number of hydrogen-bond acceptors (Lipinski definition) is 4. The molecule has 0 bridgehead atoms. The molecule has 1 aliphatic heterocycles. The molecule has 2 aliphatic rings. The molecule has 6 nitrogen and oxygen atoms in total. The van der Waals surface area contributed by atoms with Crippen LogP contribution in [0.1, 0.15) is 36.4 Å². The van der Waals surface area contributed by atoms with E-state index in [-0.39, 0.29) is 5.95 Å². The number of rotatable bonds is 1. The first-order valence-electron chi connectivity index (χ1n) is 6.33. The predicted molar refractivity (Wildman–Crippen MR) is 65.8 cm³/mol. The highest BCUT2D eigenvalue weighted by Gasteiger charge is 2.33. The Bertz CT molecular complexity index is 477. The average Bonchev–Trinajstić information content (AvgIpc) is 2.38. The first-order chi connectivity index (χ1) is 8.74. The molecule has 1 aromatic rings. The van der Waals surface area contributed by atoms with Crippen molar-refractivity contribution in [2.24, 2.45) is 0 Å². The molecule has 0 unspecified atom stereocenters. The zero-order valence-corrected chi connectivity index (χ0v) is 10.0. The quantitative estimate of drug-likeness (QED) is 0.698. The molecule has 2 atom stereocenters. The van der Waals surface area contributed by atoms with Crippen molar-refractivity contribution in [3.05, 3.63) is 17.5 Å². The molecule has 1 aliphatic carbocycles. The fourth-order valence-corrected chi connectivity index (χ4v) is 2.98. The molecule has 2 heterocycles. The number of carboxylic acid groups (broad SMARTS) is 1. The van der Waals surface area contributed by atoms with Gasteiger partial charge in [-0.15, -0.1) is 0 Å². The Hall–Kier alpha value is -1.69. The molecule has 1 fully saturated rings. The molecule has 0 saturated carbocycles. The van der Waals surface area contributed by atoms with Crippen LogP contribution in [-0.4, -0.2) is 33.8 Å². The lowest BCUT2D eigenvalue weighted by Gasteiger charge is -2.36. The van der Waals surface area contributed by atoms with Gasteiger partial charge in [-0.1, -0.05) is 0 Å². The Labute approximate surface area is 105 Å². The van der Waals surface area contributed by atoms with E-state index in [1.54, 1.807) is 6.20 Å². The largest absolute Gasteiger partial charge is 0.465 e. The summed E-state index contributed by atoms with van der Waals surface area (Å²) in [5.74, 6) is 0.590. The highest BCUT2D eigenvalue weighted by molar-refractivity contribution is 5.80. The van der Waals surface area contributed by atoms with Gasteiger partial charge >= 0.3 is 6.09 Å². The van der Waals surface area contributed by atoms with Gasteiger partial charge in [-0.2, -0.15) is 0 Å². The van der Waals surface area contributed by atoms with Gasteiger partial charge in [-0.3, -0.25) is 5.32 Å². The van der Waals surface area contributed by atoms with Gasteiger partial charge in [0.1, 0.15) is 0 Å². The van der Waals surface area contributed by atoms with E-state index in [1.165, 1.54) is 0 Å². The van der Waals surface area contributed by atoms with Crippen LogP contribution < -0.4 is 10.6 Å². The number of aromatic nitrogens is 2. The molecule has 3 rings (SSSR count). The summed E-state index contributed by atoms with van der Waals surface area (Å²) in [7, 11) is 0. The minimum absolute atomic E-state index is 0.187. The summed E-state index contributed by atoms with van der Waals surface area (Å²) in [6.07, 6.45) is 4.99. The number of nitrogens with one attached hydrogen (secondary N) is 2. The van der Waals surface area contributed by atoms with Crippen LogP contribution >= 0.6 is 0 Å². The molecule has 6 heteroatoms. The van der Waals surface area contributed by atoms with Crippen molar-refractivity contribution in [3.8, 4) is 0 Å². The first-order valence-corrected chi connectivity index (χ1v) is 6.33. The van der Waals surface area contributed by atoms with Crippen LogP contribution in [0.3, 0.4) is 0 Å². The molecule has 1 aromatic heterocycles. The van der Waals surface area contributed by atoms with Crippen LogP contribution in [0.5, 0.6) is 0 Å². The lowest BCUT2D eigenvalue weighted by atomic mass is 9.78. The van der Waals surface area contributed by atoms with Crippen molar-refractivity contribution in [3.63, 3.8) is 0 Å². The van der Waals surface area contributed by atoms with Gasteiger partial charge in [-0.25, -0.2) is 14.8 Å². The Kier molecular flexibility index (Phi) is 2.87. The highest BCUT2D eigenvalue weighted by Crippen LogP contribution is 2.35. The van der Waals surface area contributed by atoms with Gasteiger partial charge in [0.15, 0.2) is 0 Å². The van der Waals surface area contributed by atoms with E-state index in [1.807, 2.05) is 0 Å². The lowest BCUT2D eigenvalue weighted by molar-refractivity contribution is 0.209. The van der Waals surface area contributed by atoms with E-state index in [4.69, 9.17) is 5.11 Å². The van der Waals surface area contributed by atoms with Gasteiger partial charge in [0, 0.05) is 18.2 Å². The minimum Gasteiger partial charge on any atom is -0.465 e. The third-order valence-electron chi connectivity index (χ3n) is 3.78. The van der Waals surface area contributed by atoms with Crippen molar-refractivity contribution in [1.82, 2.24) is 15.3 Å². The topological polar surface area (TPSA) is 87.1 Å². The van der Waals surface area contributed by atoms with E-state index in [2.05, 4.69) is 20.6 Å². The van der Waals surface area contributed by atoms with Gasteiger partial charge in [0.2, 0.25) is 5.95 Å². The van der Waals surface area contributed by atoms with Crippen molar-refractivity contribution >= 4 is 12.0 Å². The summed E-state index contributed by atoms with van der Waals surface area (Å²) >= 11 is 0. The van der Waals surface area contributed by atoms with Crippen LogP contribution in [0.2, 0.25) is 0 Å². The fourth-order valence-electron chi connectivity index (χ4n) is 2.98. The SMILES string of the molecule is O=C(O)Nc1ncc2c(n1)[C@H]1CCCN[C@@H]1CC2. The third kappa shape index (κ3) is 2.03. The van der Waals surface area contributed by atoms with E-state index in [0.29, 0.717) is 12.0 Å². The third-order valence-corrected chi connectivity index (χ3v) is 3.78. The van der Waals surface area contributed by atoms with Crippen molar-refractivity contribution in [2.75, 3.05) is 11.9 Å². The molecule has 0 aromatic carbocycles. The molecule has 0 spiro atoms. The second-order valence-corrected chi connectivity index (χ2v) is 4.88. The van der Waals surface area contributed by atoms with E-state index < -0.39 is 6.09 Å². The first kappa shape index (κ1) is 11.4. The molecule has 1 amide bonds. The summed E-state index contributed by atoms with van der Waals surface area (Å²) in [4.78, 5) is 19.1. The van der Waals surface area contributed by atoms with Gasteiger partial charge in [-0.05, 0) is 37.8 Å². The summed E-state index contributed by atoms with van der Waals surface area (Å²) in [6.45, 7) is 1.07. The average molecular weight is 248 g/mol. The second kappa shape index (κ2) is 4.53. The van der Waals surface area contributed by atoms with Gasteiger partial charge < -0.3 is 10.4 Å². The molecule has 1 saturated heterocycles. The Morgan fingerprint density at radius 1 is 1.50 bits per heavy atom. The fraction of sp³-hybridized carbons (Fsp3) is 0.583. The van der Waals surface area contributed by atoms with Crippen LogP contribution in [0, 0.1) is 0 Å². The number of fused-ring (bicyclic) bond motifs is 3. The van der Waals surface area contributed by atoms with Crippen LogP contribution in [-0.2, 0) is 6.42 Å². The maximum atomic E-state index is 10.6. The number of hydrogen-bond donors (Lipinski definition) is 3. The van der Waals surface area contributed by atoms with Gasteiger partial charge in [0.25, 0.3) is 0 Å². The zero-order valence-electron chi connectivity index (χ0n) is 10.0. The van der Waals surface area contributed by atoms with E-state index in [9.17, 15) is 4.79 Å². The monoisotopic (exact) mass is 248 g/mol. The maximum absolute atomic E-state index is 10.6. The summed E-state index contributed by atoms with van der Waals surface area (Å²) in [6, 6.07) is 0.485. The Balaban J connectivity index is 1.92. The van der Waals surface area contributed by atoms with Crippen LogP contribution in [0.15, 0.2) is 6.20 Å². The van der Waals surface area contributed by atoms with Crippen LogP contribution in [0.25, 0.3) is 0 Å². The lowest BCUT2D eigenvalue weighted by Crippen LogP contribution is -2.43. The Morgan fingerprint density at radius 2 is 2.39 bits per heavy atom. The summed E-state index contributed by atoms with van der Waals surface area (Å²) in [5, 5.41) is 14.4. The molecular formula is C12H16N4O2. The minimum atomic E-state index is -1.12. The molecule has 3 N–H and O–H groups in total. The molecule has 96 valence electrons. The second-order valence-electron chi connectivity index (χ2n) is 4.88. The summed E-state index contributed by atoms with van der Waals surface area (Å²) < 4.78 is 0. The Morgan fingerprint density at radius 3 is 3.22 bits per heavy atom. The number of piperidine rings is 1. The number of aryl methyl sites for hydroxylation is 1. The molecule has 0 radical (unpaired) electrons. The van der Waals surface area contributed by atoms with Crippen LogP contribution in [0.4, 0.5) is 10.7 Å². The smallest absolute Gasteiger partial charge is 0.411 e. The van der Waals surface area contributed by atoms with Crippen molar-refractivity contribution in [2.45, 2.75) is 37.6 Å². The standard InChI is InChI=1S/C12H16N4O2/c17-12(18)16-11-14-6-7-3-4-9-8(10(7)15-11)2-1-5-13-9/h6,8-9,13H,1-5H2,(H,17,18)(H,14,15,16)/t8-,9+/m0/s1. The molecule has 18 heavy (non-hydrogen) atoms. The van der Waals surface area contributed by atoms with E-state index >= 15 is 0 Å². The number of amides is 1. The van der Waals surface area contributed by atoms with E-state index in [0.717, 1.165) is 43.5 Å². The highest BCUT2D eigenvalue weighted by atomic mass is 16.4. The van der Waals surface area contributed by atoms with Crippen molar-refractivity contribution in [1.29, 1.82) is 0 Å². The number of nitrogens with zero attached hydrogens (tertiary/aromatic N) is 2. The number of carbonyl (C=O) groups is 1. The predicted octanol–water partition coefficient (Wildman–Crippen LogP) is 1.35. The van der Waals surface area contributed by atoms with Crippen molar-refractivity contribution < 1.29 is 9.90 Å².